The van der Waals surface area contributed by atoms with E-state index in [0.29, 0.717) is 51.4 Å². The Labute approximate surface area is 249 Å². The fourth-order valence-electron chi connectivity index (χ4n) is 4.76. The first-order chi connectivity index (χ1) is 20.5. The van der Waals surface area contributed by atoms with Crippen LogP contribution in [0.3, 0.4) is 0 Å². The molecule has 0 radical (unpaired) electrons. The SMILES string of the molecule is CCOC(=O)CCCOc1cccc(CCCCCCOc2cc(F)cc(-c3ccccc3)c2)c1CCC(=O)OCC. The van der Waals surface area contributed by atoms with E-state index >= 15 is 0 Å². The largest absolute Gasteiger partial charge is 0.493 e. The lowest BCUT2D eigenvalue weighted by Gasteiger charge is -2.16. The van der Waals surface area contributed by atoms with Crippen LogP contribution in [0, 0.1) is 5.82 Å². The van der Waals surface area contributed by atoms with E-state index in [2.05, 4.69) is 6.07 Å². The number of ether oxygens (including phenoxy) is 4. The molecule has 7 heteroatoms. The molecule has 0 aliphatic heterocycles. The van der Waals surface area contributed by atoms with Crippen LogP contribution in [-0.2, 0) is 31.9 Å². The van der Waals surface area contributed by atoms with Crippen molar-refractivity contribution < 1.29 is 32.9 Å². The van der Waals surface area contributed by atoms with E-state index in [-0.39, 0.29) is 24.2 Å². The Hall–Kier alpha value is -3.87. The van der Waals surface area contributed by atoms with Gasteiger partial charge in [-0.3, -0.25) is 9.59 Å². The third-order valence-electron chi connectivity index (χ3n) is 6.79. The number of carbonyl (C=O) groups excluding carboxylic acids is 2. The summed E-state index contributed by atoms with van der Waals surface area (Å²) in [6.07, 6.45) is 6.42. The van der Waals surface area contributed by atoms with Crippen LogP contribution >= 0.6 is 0 Å². The monoisotopic (exact) mass is 578 g/mol. The van der Waals surface area contributed by atoms with Crippen molar-refractivity contribution in [3.05, 3.63) is 83.7 Å². The molecule has 6 nitrogen and oxygen atoms in total. The van der Waals surface area contributed by atoms with Crippen molar-refractivity contribution in [2.45, 2.75) is 71.6 Å². The van der Waals surface area contributed by atoms with Gasteiger partial charge in [0, 0.05) is 18.9 Å². The Morgan fingerprint density at radius 3 is 2.14 bits per heavy atom. The second-order valence-electron chi connectivity index (χ2n) is 10.0. The summed E-state index contributed by atoms with van der Waals surface area (Å²) in [4.78, 5) is 23.7. The normalized spacial score (nSPS) is 10.7. The highest BCUT2D eigenvalue weighted by molar-refractivity contribution is 5.70. The van der Waals surface area contributed by atoms with Crippen molar-refractivity contribution in [3.63, 3.8) is 0 Å². The molecule has 226 valence electrons. The molecule has 3 rings (SSSR count). The van der Waals surface area contributed by atoms with Crippen LogP contribution in [0.1, 0.15) is 69.9 Å². The Kier molecular flexibility index (Phi) is 14.4. The van der Waals surface area contributed by atoms with Crippen LogP contribution < -0.4 is 9.47 Å². The van der Waals surface area contributed by atoms with Gasteiger partial charge in [-0.05, 0) is 86.4 Å². The molecule has 0 unspecified atom stereocenters. The molecule has 42 heavy (non-hydrogen) atoms. The summed E-state index contributed by atoms with van der Waals surface area (Å²) >= 11 is 0. The maximum atomic E-state index is 14.2. The molecule has 3 aromatic carbocycles. The molecule has 0 amide bonds. The minimum Gasteiger partial charge on any atom is -0.493 e. The smallest absolute Gasteiger partial charge is 0.306 e. The van der Waals surface area contributed by atoms with E-state index < -0.39 is 0 Å². The zero-order valence-electron chi connectivity index (χ0n) is 24.9. The molecule has 0 aliphatic rings. The van der Waals surface area contributed by atoms with Gasteiger partial charge in [0.2, 0.25) is 0 Å². The lowest BCUT2D eigenvalue weighted by molar-refractivity contribution is -0.144. The number of esters is 2. The van der Waals surface area contributed by atoms with E-state index in [4.69, 9.17) is 18.9 Å². The van der Waals surface area contributed by atoms with Crippen LogP contribution in [0.25, 0.3) is 11.1 Å². The standard InChI is InChI=1S/C35H43FO6/c1-3-39-34(37)19-13-23-42-33-18-12-17-28(32(33)20-21-35(38)40-4-2)16-8-5-6-11-22-41-31-25-29(24-30(36)26-31)27-14-9-7-10-15-27/h7,9-10,12,14-15,17-18,24-26H,3-6,8,11,13,16,19-23H2,1-2H3. The third kappa shape index (κ3) is 11.6. The molecule has 0 aromatic heterocycles. The zero-order valence-corrected chi connectivity index (χ0v) is 24.9. The van der Waals surface area contributed by atoms with Gasteiger partial charge in [-0.15, -0.1) is 0 Å². The van der Waals surface area contributed by atoms with E-state index in [9.17, 15) is 14.0 Å². The van der Waals surface area contributed by atoms with E-state index in [0.717, 1.165) is 60.1 Å². The van der Waals surface area contributed by atoms with Crippen molar-refractivity contribution >= 4 is 11.9 Å². The van der Waals surface area contributed by atoms with Crippen LogP contribution in [-0.4, -0.2) is 38.4 Å². The Morgan fingerprint density at radius 2 is 1.38 bits per heavy atom. The van der Waals surface area contributed by atoms with Gasteiger partial charge in [-0.25, -0.2) is 4.39 Å². The molecular formula is C35H43FO6. The molecule has 0 aliphatic carbocycles. The number of hydrogen-bond acceptors (Lipinski definition) is 6. The lowest BCUT2D eigenvalue weighted by Crippen LogP contribution is -2.10. The molecule has 0 heterocycles. The van der Waals surface area contributed by atoms with Crippen LogP contribution in [0.5, 0.6) is 11.5 Å². The number of benzene rings is 3. The molecule has 3 aromatic rings. The summed E-state index contributed by atoms with van der Waals surface area (Å²) in [7, 11) is 0. The van der Waals surface area contributed by atoms with Crippen LogP contribution in [0.2, 0.25) is 0 Å². The summed E-state index contributed by atoms with van der Waals surface area (Å²) in [6.45, 7) is 5.24. The maximum Gasteiger partial charge on any atom is 0.306 e. The predicted molar refractivity (Wildman–Crippen MR) is 162 cm³/mol. The number of unbranched alkanes of at least 4 members (excludes halogenated alkanes) is 3. The van der Waals surface area contributed by atoms with Gasteiger partial charge in [0.1, 0.15) is 17.3 Å². The molecule has 0 N–H and O–H groups in total. The minimum atomic E-state index is -0.310. The number of rotatable bonds is 19. The number of carbonyl (C=O) groups is 2. The molecule has 0 bridgehead atoms. The Balaban J connectivity index is 1.47. The first-order valence-corrected chi connectivity index (χ1v) is 15.0. The highest BCUT2D eigenvalue weighted by Crippen LogP contribution is 2.27. The van der Waals surface area contributed by atoms with E-state index in [1.807, 2.05) is 48.5 Å². The molecule has 0 atom stereocenters. The predicted octanol–water partition coefficient (Wildman–Crippen LogP) is 7.89. The Morgan fingerprint density at radius 1 is 0.667 bits per heavy atom. The van der Waals surface area contributed by atoms with Crippen LogP contribution in [0.4, 0.5) is 4.39 Å². The van der Waals surface area contributed by atoms with Gasteiger partial charge in [0.15, 0.2) is 0 Å². The van der Waals surface area contributed by atoms with Gasteiger partial charge < -0.3 is 18.9 Å². The van der Waals surface area contributed by atoms with Gasteiger partial charge >= 0.3 is 11.9 Å². The first-order valence-electron chi connectivity index (χ1n) is 15.0. The van der Waals surface area contributed by atoms with Crippen molar-refractivity contribution in [1.82, 2.24) is 0 Å². The molecule has 0 saturated carbocycles. The topological polar surface area (TPSA) is 71.1 Å². The number of hydrogen-bond donors (Lipinski definition) is 0. The van der Waals surface area contributed by atoms with Gasteiger partial charge in [0.25, 0.3) is 0 Å². The fourth-order valence-corrected chi connectivity index (χ4v) is 4.76. The summed E-state index contributed by atoms with van der Waals surface area (Å²) in [5.74, 6) is 0.527. The summed E-state index contributed by atoms with van der Waals surface area (Å²) in [5, 5.41) is 0. The summed E-state index contributed by atoms with van der Waals surface area (Å²) in [5.41, 5.74) is 3.93. The second-order valence-corrected chi connectivity index (χ2v) is 10.0. The highest BCUT2D eigenvalue weighted by atomic mass is 19.1. The lowest BCUT2D eigenvalue weighted by atomic mass is 9.96. The minimum absolute atomic E-state index is 0.226. The molecule has 0 saturated heterocycles. The Bertz CT molecular complexity index is 1240. The maximum absolute atomic E-state index is 14.2. The average Bonchev–Trinajstić information content (AvgIpc) is 2.98. The summed E-state index contributed by atoms with van der Waals surface area (Å²) in [6, 6.07) is 20.5. The van der Waals surface area contributed by atoms with E-state index in [1.54, 1.807) is 13.8 Å². The van der Waals surface area contributed by atoms with Crippen molar-refractivity contribution in [3.8, 4) is 22.6 Å². The summed E-state index contributed by atoms with van der Waals surface area (Å²) < 4.78 is 36.2. The van der Waals surface area contributed by atoms with Gasteiger partial charge in [0.05, 0.1) is 26.4 Å². The van der Waals surface area contributed by atoms with Crippen molar-refractivity contribution in [2.75, 3.05) is 26.4 Å². The quantitative estimate of drug-likeness (QED) is 0.106. The third-order valence-corrected chi connectivity index (χ3v) is 6.79. The first kappa shape index (κ1) is 32.6. The van der Waals surface area contributed by atoms with Gasteiger partial charge in [-0.2, -0.15) is 0 Å². The molecular weight excluding hydrogens is 535 g/mol. The second kappa shape index (κ2) is 18.5. The number of halogens is 1. The average molecular weight is 579 g/mol. The number of aryl methyl sites for hydroxylation is 1. The van der Waals surface area contributed by atoms with Crippen molar-refractivity contribution in [2.24, 2.45) is 0 Å². The fraction of sp³-hybridized carbons (Fsp3) is 0.429. The van der Waals surface area contributed by atoms with Crippen LogP contribution in [0.15, 0.2) is 66.7 Å². The molecule has 0 spiro atoms. The molecule has 0 fully saturated rings. The van der Waals surface area contributed by atoms with E-state index in [1.165, 1.54) is 12.1 Å². The van der Waals surface area contributed by atoms with Crippen molar-refractivity contribution in [1.29, 1.82) is 0 Å². The van der Waals surface area contributed by atoms with Gasteiger partial charge in [-0.1, -0.05) is 55.3 Å². The zero-order chi connectivity index (χ0) is 30.0. The highest BCUT2D eigenvalue weighted by Gasteiger charge is 2.13.